The second-order valence-electron chi connectivity index (χ2n) is 5.92. The summed E-state index contributed by atoms with van der Waals surface area (Å²) in [5, 5.41) is 3.90. The largest absolute Gasteiger partial charge is 0.382 e. The fourth-order valence-electron chi connectivity index (χ4n) is 2.46. The van der Waals surface area contributed by atoms with Crippen molar-refractivity contribution in [3.8, 4) is 0 Å². The van der Waals surface area contributed by atoms with Gasteiger partial charge in [0.1, 0.15) is 0 Å². The van der Waals surface area contributed by atoms with E-state index in [2.05, 4.69) is 9.88 Å². The van der Waals surface area contributed by atoms with Crippen LogP contribution in [0.2, 0.25) is 0 Å². The highest BCUT2D eigenvalue weighted by atomic mass is 32.2. The zero-order valence-corrected chi connectivity index (χ0v) is 14.7. The molecule has 130 valence electrons. The summed E-state index contributed by atoms with van der Waals surface area (Å²) in [6.07, 6.45) is -0.741. The molecule has 1 aliphatic heterocycles. The fraction of sp³-hybridized carbons (Fsp3) is 0.222. The maximum atomic E-state index is 12.4. The van der Waals surface area contributed by atoms with E-state index < -0.39 is 22.0 Å². The number of rotatable bonds is 4. The maximum absolute atomic E-state index is 12.4. The van der Waals surface area contributed by atoms with E-state index in [-0.39, 0.29) is 11.3 Å². The second-order valence-corrected chi connectivity index (χ2v) is 7.60. The van der Waals surface area contributed by atoms with Crippen LogP contribution in [0.25, 0.3) is 0 Å². The molecule has 0 aromatic heterocycles. The number of nitrogens with one attached hydrogen (secondary N) is 1. The lowest BCUT2D eigenvalue weighted by atomic mass is 10.1. The summed E-state index contributed by atoms with van der Waals surface area (Å²) in [5.74, 6) is -0.729. The first kappa shape index (κ1) is 17.2. The minimum atomic E-state index is -3.95. The summed E-state index contributed by atoms with van der Waals surface area (Å²) < 4.78 is 26.8. The van der Waals surface area contributed by atoms with E-state index in [4.69, 9.17) is 4.84 Å². The molecule has 7 heteroatoms. The van der Waals surface area contributed by atoms with Crippen LogP contribution in [0.5, 0.6) is 0 Å². The molecule has 25 heavy (non-hydrogen) atoms. The van der Waals surface area contributed by atoms with Crippen molar-refractivity contribution in [3.05, 3.63) is 65.2 Å². The Hall–Kier alpha value is -2.67. The highest BCUT2D eigenvalue weighted by Gasteiger charge is 2.32. The first-order valence-corrected chi connectivity index (χ1v) is 9.27. The number of hydrogen-bond donors (Lipinski definition) is 1. The van der Waals surface area contributed by atoms with Crippen LogP contribution >= 0.6 is 0 Å². The van der Waals surface area contributed by atoms with E-state index in [1.165, 1.54) is 12.1 Å². The average Bonchev–Trinajstić information content (AvgIpc) is 3.08. The molecule has 2 aromatic carbocycles. The standard InChI is InChI=1S/C18H18N2O4S/c1-12-8-9-15(10-13(12)2)25(22,23)20-18(21)17-11-16(19-24-17)14-6-4-3-5-7-14/h3-10,17H,11H2,1-2H3,(H,20,21). The Kier molecular flexibility index (Phi) is 4.59. The molecule has 1 heterocycles. The summed E-state index contributed by atoms with van der Waals surface area (Å²) in [6.45, 7) is 3.70. The van der Waals surface area contributed by atoms with Gasteiger partial charge < -0.3 is 4.84 Å². The Bertz CT molecular complexity index is 937. The number of sulfonamides is 1. The van der Waals surface area contributed by atoms with Crippen molar-refractivity contribution in [2.75, 3.05) is 0 Å². The Balaban J connectivity index is 1.69. The number of oxime groups is 1. The van der Waals surface area contributed by atoms with Gasteiger partial charge in [-0.25, -0.2) is 13.1 Å². The molecular weight excluding hydrogens is 340 g/mol. The van der Waals surface area contributed by atoms with E-state index in [9.17, 15) is 13.2 Å². The van der Waals surface area contributed by atoms with Crippen molar-refractivity contribution < 1.29 is 18.0 Å². The van der Waals surface area contributed by atoms with Gasteiger partial charge in [-0.1, -0.05) is 41.6 Å². The first-order chi connectivity index (χ1) is 11.9. The van der Waals surface area contributed by atoms with Crippen LogP contribution in [0.4, 0.5) is 0 Å². The monoisotopic (exact) mass is 358 g/mol. The lowest BCUT2D eigenvalue weighted by Crippen LogP contribution is -2.38. The van der Waals surface area contributed by atoms with Crippen molar-refractivity contribution in [3.63, 3.8) is 0 Å². The van der Waals surface area contributed by atoms with Crippen molar-refractivity contribution in [1.82, 2.24) is 4.72 Å². The van der Waals surface area contributed by atoms with Gasteiger partial charge in [0.25, 0.3) is 15.9 Å². The van der Waals surface area contributed by atoms with Gasteiger partial charge in [0.15, 0.2) is 0 Å². The Morgan fingerprint density at radius 1 is 1.12 bits per heavy atom. The smallest absolute Gasteiger partial charge is 0.278 e. The molecule has 1 atom stereocenters. The molecule has 0 fully saturated rings. The van der Waals surface area contributed by atoms with Crippen molar-refractivity contribution in [1.29, 1.82) is 0 Å². The zero-order chi connectivity index (χ0) is 18.0. The maximum Gasteiger partial charge on any atom is 0.278 e. The summed E-state index contributed by atoms with van der Waals surface area (Å²) in [6, 6.07) is 14.0. The van der Waals surface area contributed by atoms with Gasteiger partial charge in [0.05, 0.1) is 10.6 Å². The predicted molar refractivity (Wildman–Crippen MR) is 93.7 cm³/mol. The number of amides is 1. The third-order valence-corrected chi connectivity index (χ3v) is 5.44. The Morgan fingerprint density at radius 2 is 1.84 bits per heavy atom. The van der Waals surface area contributed by atoms with Crippen molar-refractivity contribution >= 4 is 21.6 Å². The van der Waals surface area contributed by atoms with Gasteiger partial charge in [-0.05, 0) is 42.7 Å². The highest BCUT2D eigenvalue weighted by Crippen LogP contribution is 2.19. The normalized spacial score (nSPS) is 16.9. The number of carbonyl (C=O) groups is 1. The molecule has 0 spiro atoms. The van der Waals surface area contributed by atoms with Crippen LogP contribution in [0.15, 0.2) is 58.6 Å². The van der Waals surface area contributed by atoms with E-state index in [0.29, 0.717) is 5.71 Å². The Labute approximate surface area is 146 Å². The van der Waals surface area contributed by atoms with Gasteiger partial charge >= 0.3 is 0 Å². The van der Waals surface area contributed by atoms with Gasteiger partial charge in [0.2, 0.25) is 6.10 Å². The molecule has 1 unspecified atom stereocenters. The second kappa shape index (κ2) is 6.68. The van der Waals surface area contributed by atoms with Crippen LogP contribution in [-0.4, -0.2) is 26.1 Å². The number of hydrogen-bond acceptors (Lipinski definition) is 5. The van der Waals surface area contributed by atoms with Crippen LogP contribution < -0.4 is 4.72 Å². The van der Waals surface area contributed by atoms with E-state index >= 15 is 0 Å². The summed E-state index contributed by atoms with van der Waals surface area (Å²) >= 11 is 0. The topological polar surface area (TPSA) is 84.8 Å². The summed E-state index contributed by atoms with van der Waals surface area (Å²) in [7, 11) is -3.95. The molecule has 0 saturated carbocycles. The lowest BCUT2D eigenvalue weighted by Gasteiger charge is -2.11. The van der Waals surface area contributed by atoms with E-state index in [0.717, 1.165) is 16.7 Å². The minimum Gasteiger partial charge on any atom is -0.382 e. The molecule has 0 aliphatic carbocycles. The predicted octanol–water partition coefficient (Wildman–Crippen LogP) is 2.30. The molecule has 0 radical (unpaired) electrons. The van der Waals surface area contributed by atoms with Gasteiger partial charge in [-0.2, -0.15) is 0 Å². The molecule has 3 rings (SSSR count). The van der Waals surface area contributed by atoms with Crippen molar-refractivity contribution in [2.45, 2.75) is 31.3 Å². The average molecular weight is 358 g/mol. The summed E-state index contributed by atoms with van der Waals surface area (Å²) in [5.41, 5.74) is 3.27. The highest BCUT2D eigenvalue weighted by molar-refractivity contribution is 7.90. The molecular formula is C18H18N2O4S. The quantitative estimate of drug-likeness (QED) is 0.909. The molecule has 6 nitrogen and oxygen atoms in total. The summed E-state index contributed by atoms with van der Waals surface area (Å²) in [4.78, 5) is 17.4. The van der Waals surface area contributed by atoms with Crippen LogP contribution in [0.3, 0.4) is 0 Å². The number of aryl methyl sites for hydroxylation is 2. The fourth-order valence-corrected chi connectivity index (χ4v) is 3.55. The molecule has 0 bridgehead atoms. The molecule has 2 aromatic rings. The van der Waals surface area contributed by atoms with E-state index in [1.807, 2.05) is 44.2 Å². The Morgan fingerprint density at radius 3 is 2.52 bits per heavy atom. The van der Waals surface area contributed by atoms with Crippen molar-refractivity contribution in [2.24, 2.45) is 5.16 Å². The van der Waals surface area contributed by atoms with Gasteiger partial charge in [-0.3, -0.25) is 4.79 Å². The van der Waals surface area contributed by atoms with Gasteiger partial charge in [-0.15, -0.1) is 0 Å². The number of benzene rings is 2. The SMILES string of the molecule is Cc1ccc(S(=O)(=O)NC(=O)C2CC(c3ccccc3)=NO2)cc1C. The lowest BCUT2D eigenvalue weighted by molar-refractivity contribution is -0.129. The molecule has 0 saturated heterocycles. The zero-order valence-electron chi connectivity index (χ0n) is 13.9. The van der Waals surface area contributed by atoms with Crippen LogP contribution in [-0.2, 0) is 19.7 Å². The third kappa shape index (κ3) is 3.71. The first-order valence-electron chi connectivity index (χ1n) is 7.79. The molecule has 1 N–H and O–H groups in total. The van der Waals surface area contributed by atoms with E-state index in [1.54, 1.807) is 6.07 Å². The molecule has 1 amide bonds. The number of nitrogens with zero attached hydrogens (tertiary/aromatic N) is 1. The number of carbonyl (C=O) groups excluding carboxylic acids is 1. The van der Waals surface area contributed by atoms with Crippen LogP contribution in [0, 0.1) is 13.8 Å². The molecule has 1 aliphatic rings. The minimum absolute atomic E-state index is 0.0474. The van der Waals surface area contributed by atoms with Crippen LogP contribution in [0.1, 0.15) is 23.1 Å². The van der Waals surface area contributed by atoms with Gasteiger partial charge in [0, 0.05) is 6.42 Å². The third-order valence-electron chi connectivity index (χ3n) is 4.09.